The minimum absolute atomic E-state index is 0.103. The van der Waals surface area contributed by atoms with Gasteiger partial charge < -0.3 is 28.4 Å². The smallest absolute Gasteiger partial charge is 0.344 e. The molecule has 0 spiro atoms. The van der Waals surface area contributed by atoms with Crippen LogP contribution in [0.4, 0.5) is 0 Å². The van der Waals surface area contributed by atoms with Crippen LogP contribution >= 0.6 is 0 Å². The molecule has 9 heteroatoms. The zero-order valence-electron chi connectivity index (χ0n) is 37.4. The van der Waals surface area contributed by atoms with E-state index < -0.39 is 0 Å². The number of benzene rings is 5. The van der Waals surface area contributed by atoms with E-state index in [0.29, 0.717) is 46.7 Å². The zero-order valence-corrected chi connectivity index (χ0v) is 38.2. The molecule has 0 unspecified atom stereocenters. The molecule has 0 saturated heterocycles. The quantitative estimate of drug-likeness (QED) is 0.0758. The molecule has 5 aromatic carbocycles. The second-order valence-corrected chi connectivity index (χ2v) is 22.2. The Kier molecular flexibility index (Phi) is 11.3. The Bertz CT molecular complexity index is 2260. The minimum Gasteiger partial charge on any atom is -0.482 e. The lowest BCUT2D eigenvalue weighted by Crippen LogP contribution is -2.58. The summed E-state index contributed by atoms with van der Waals surface area (Å²) in [5.41, 5.74) is -0.718. The molecule has 0 aromatic heterocycles. The number of ether oxygens (including phenoxy) is 6. The standard InChI is InChI=1S/C56H59O8S/c1-55(40-26-36-24-37(28-40)29-41(55)27-36)63-53(57)34-59-44-8-12-46(13-9-44)61-48-16-20-51(21-17-48)65(50-6-4-3-5-7-50)52-22-18-49(19-23-52)62-47-14-10-45(11-15-47)60-35-54(58)64-56(2)42-30-38-25-39(32-42)33-43(56)31-38/h3-23,36-43H,24-35H2,1-2H3/q+1. The van der Waals surface area contributed by atoms with Gasteiger partial charge in [-0.1, -0.05) is 18.2 Å². The van der Waals surface area contributed by atoms with Crippen molar-refractivity contribution in [1.82, 2.24) is 0 Å². The maximum Gasteiger partial charge on any atom is 0.344 e. The van der Waals surface area contributed by atoms with Crippen molar-refractivity contribution in [2.24, 2.45) is 47.3 Å². The van der Waals surface area contributed by atoms with Crippen molar-refractivity contribution in [1.29, 1.82) is 0 Å². The van der Waals surface area contributed by atoms with Crippen LogP contribution in [0.5, 0.6) is 34.5 Å². The van der Waals surface area contributed by atoms with Gasteiger partial charge in [0.2, 0.25) is 0 Å². The van der Waals surface area contributed by atoms with Gasteiger partial charge in [0, 0.05) is 0 Å². The predicted molar refractivity (Wildman–Crippen MR) is 249 cm³/mol. The summed E-state index contributed by atoms with van der Waals surface area (Å²) in [6, 6.07) is 41.7. The van der Waals surface area contributed by atoms with Crippen molar-refractivity contribution < 1.29 is 38.0 Å². The van der Waals surface area contributed by atoms with Gasteiger partial charge >= 0.3 is 11.9 Å². The SMILES string of the molecule is CC1(OC(=O)COc2ccc(Oc3ccc([S+](c4ccccc4)c4ccc(Oc5ccc(OCC(=O)OC6(C)C7CC8CC(C7)CC6C8)cc5)cc4)cc3)cc2)C2CC3CC(C2)CC1C3. The Balaban J connectivity index is 0.675. The van der Waals surface area contributed by atoms with Crippen molar-refractivity contribution in [2.45, 2.75) is 104 Å². The Hall–Kier alpha value is -5.41. The van der Waals surface area contributed by atoms with Crippen molar-refractivity contribution in [3.05, 3.63) is 127 Å². The van der Waals surface area contributed by atoms with Crippen LogP contribution in [-0.2, 0) is 30.0 Å². The predicted octanol–water partition coefficient (Wildman–Crippen LogP) is 12.6. The summed E-state index contributed by atoms with van der Waals surface area (Å²) in [6.07, 6.45) is 12.3. The van der Waals surface area contributed by atoms with Gasteiger partial charge in [-0.3, -0.25) is 0 Å². The largest absolute Gasteiger partial charge is 0.482 e. The first kappa shape index (κ1) is 42.2. The van der Waals surface area contributed by atoms with Crippen LogP contribution in [0.2, 0.25) is 0 Å². The number of carbonyl (C=O) groups is 2. The van der Waals surface area contributed by atoms with Crippen LogP contribution in [-0.4, -0.2) is 36.4 Å². The van der Waals surface area contributed by atoms with Crippen molar-refractivity contribution in [3.63, 3.8) is 0 Å². The molecule has 0 radical (unpaired) electrons. The van der Waals surface area contributed by atoms with Crippen LogP contribution in [0.3, 0.4) is 0 Å². The van der Waals surface area contributed by atoms with Gasteiger partial charge in [0.15, 0.2) is 27.9 Å². The molecule has 65 heavy (non-hydrogen) atoms. The van der Waals surface area contributed by atoms with Gasteiger partial charge in [-0.05, 0) is 235 Å². The summed E-state index contributed by atoms with van der Waals surface area (Å²) in [4.78, 5) is 29.5. The first-order chi connectivity index (χ1) is 31.6. The molecule has 13 rings (SSSR count). The summed E-state index contributed by atoms with van der Waals surface area (Å²) >= 11 is 0. The van der Waals surface area contributed by atoms with E-state index in [4.69, 9.17) is 28.4 Å². The average molecular weight is 892 g/mol. The second kappa shape index (κ2) is 17.4. The Morgan fingerprint density at radius 1 is 0.415 bits per heavy atom. The highest BCUT2D eigenvalue weighted by Gasteiger charge is 2.58. The lowest BCUT2D eigenvalue weighted by Gasteiger charge is -2.59. The summed E-state index contributed by atoms with van der Waals surface area (Å²) in [5, 5.41) is 0. The third kappa shape index (κ3) is 8.73. The van der Waals surface area contributed by atoms with Crippen molar-refractivity contribution in [3.8, 4) is 34.5 Å². The van der Waals surface area contributed by atoms with Crippen LogP contribution < -0.4 is 18.9 Å². The highest BCUT2D eigenvalue weighted by atomic mass is 32.2. The fourth-order valence-corrected chi connectivity index (χ4v) is 15.2. The number of esters is 2. The molecule has 336 valence electrons. The van der Waals surface area contributed by atoms with Gasteiger partial charge in [-0.2, -0.15) is 0 Å². The third-order valence-corrected chi connectivity index (χ3v) is 18.3. The highest BCUT2D eigenvalue weighted by molar-refractivity contribution is 7.97. The Morgan fingerprint density at radius 2 is 0.708 bits per heavy atom. The Labute approximate surface area is 385 Å². The zero-order chi connectivity index (χ0) is 44.1. The fraction of sp³-hybridized carbons (Fsp3) is 0.429. The normalized spacial score (nSPS) is 30.6. The molecular weight excluding hydrogens is 833 g/mol. The molecule has 8 nitrogen and oxygen atoms in total. The maximum atomic E-state index is 13.0. The molecule has 0 amide bonds. The number of carbonyl (C=O) groups excluding carboxylic acids is 2. The van der Waals surface area contributed by atoms with Crippen LogP contribution in [0.25, 0.3) is 0 Å². The monoisotopic (exact) mass is 891 g/mol. The van der Waals surface area contributed by atoms with Gasteiger partial charge in [0.1, 0.15) is 45.7 Å². The molecule has 8 saturated carbocycles. The number of hydrogen-bond donors (Lipinski definition) is 0. The van der Waals surface area contributed by atoms with E-state index in [1.807, 2.05) is 78.9 Å². The number of hydrogen-bond acceptors (Lipinski definition) is 8. The van der Waals surface area contributed by atoms with E-state index in [-0.39, 0.29) is 47.2 Å². The Morgan fingerprint density at radius 3 is 1.05 bits per heavy atom. The summed E-state index contributed by atoms with van der Waals surface area (Å²) in [5.74, 6) is 8.63. The fourth-order valence-electron chi connectivity index (χ4n) is 13.1. The second-order valence-electron chi connectivity index (χ2n) is 20.2. The molecule has 8 aliphatic rings. The van der Waals surface area contributed by atoms with Crippen LogP contribution in [0.1, 0.15) is 78.1 Å². The minimum atomic E-state index is -0.376. The lowest BCUT2D eigenvalue weighted by molar-refractivity contribution is -0.205. The molecule has 5 aromatic rings. The highest BCUT2D eigenvalue weighted by Crippen LogP contribution is 2.60. The summed E-state index contributed by atoms with van der Waals surface area (Å²) in [6.45, 7) is 4.12. The first-order valence-electron chi connectivity index (χ1n) is 23.9. The van der Waals surface area contributed by atoms with E-state index in [9.17, 15) is 9.59 Å². The van der Waals surface area contributed by atoms with Gasteiger partial charge in [-0.25, -0.2) is 9.59 Å². The van der Waals surface area contributed by atoms with Gasteiger partial charge in [-0.15, -0.1) is 0 Å². The summed E-state index contributed by atoms with van der Waals surface area (Å²) in [7, 11) is -0.376. The van der Waals surface area contributed by atoms with E-state index in [1.54, 1.807) is 0 Å². The topological polar surface area (TPSA) is 89.5 Å². The molecular formula is C56H59O8S+. The van der Waals surface area contributed by atoms with Gasteiger partial charge in [0.25, 0.3) is 0 Å². The van der Waals surface area contributed by atoms with Crippen LogP contribution in [0.15, 0.2) is 142 Å². The van der Waals surface area contributed by atoms with E-state index >= 15 is 0 Å². The summed E-state index contributed by atoms with van der Waals surface area (Å²) < 4.78 is 36.6. The molecule has 0 aliphatic heterocycles. The molecule has 0 atom stereocenters. The van der Waals surface area contributed by atoms with E-state index in [2.05, 4.69) is 62.4 Å². The van der Waals surface area contributed by atoms with E-state index in [0.717, 1.165) is 45.0 Å². The van der Waals surface area contributed by atoms with Crippen molar-refractivity contribution in [2.75, 3.05) is 13.2 Å². The maximum absolute atomic E-state index is 13.0. The lowest BCUT2D eigenvalue weighted by atomic mass is 9.50. The first-order valence-corrected chi connectivity index (χ1v) is 25.1. The molecule has 8 fully saturated rings. The number of rotatable bonds is 15. The molecule has 8 bridgehead atoms. The molecule has 0 N–H and O–H groups in total. The van der Waals surface area contributed by atoms with E-state index in [1.165, 1.54) is 69.1 Å². The molecule has 0 heterocycles. The third-order valence-electron chi connectivity index (χ3n) is 16.1. The van der Waals surface area contributed by atoms with Crippen molar-refractivity contribution >= 4 is 22.8 Å². The van der Waals surface area contributed by atoms with Crippen LogP contribution in [0, 0.1) is 47.3 Å². The molecule has 8 aliphatic carbocycles. The van der Waals surface area contributed by atoms with Gasteiger partial charge in [0.05, 0.1) is 10.9 Å². The average Bonchev–Trinajstić information content (AvgIpc) is 3.31.